The van der Waals surface area contributed by atoms with Gasteiger partial charge in [-0.25, -0.2) is 0 Å². The van der Waals surface area contributed by atoms with Crippen LogP contribution in [-0.2, 0) is 4.74 Å². The molecule has 6 atom stereocenters. The number of aliphatic hydroxyl groups excluding tert-OH is 1. The van der Waals surface area contributed by atoms with Crippen molar-refractivity contribution in [2.75, 3.05) is 0 Å². The molecule has 126 valence electrons. The van der Waals surface area contributed by atoms with Gasteiger partial charge in [0, 0.05) is 6.42 Å². The first-order chi connectivity index (χ1) is 10.1. The summed E-state index contributed by atoms with van der Waals surface area (Å²) in [4.78, 5) is 0. The molecule has 1 heterocycles. The molecule has 0 aromatic heterocycles. The van der Waals surface area contributed by atoms with Crippen LogP contribution >= 0.6 is 0 Å². The molecule has 3 aliphatic rings. The summed E-state index contributed by atoms with van der Waals surface area (Å²) in [6.07, 6.45) is 8.45. The van der Waals surface area contributed by atoms with Crippen LogP contribution < -0.4 is 0 Å². The second kappa shape index (κ2) is 4.83. The van der Waals surface area contributed by atoms with Crippen LogP contribution in [0.4, 0.5) is 0 Å². The summed E-state index contributed by atoms with van der Waals surface area (Å²) in [7, 11) is 0. The van der Waals surface area contributed by atoms with E-state index in [0.717, 1.165) is 12.8 Å². The number of fused-ring (bicyclic) bond motifs is 3. The lowest BCUT2D eigenvalue weighted by Crippen LogP contribution is -2.66. The zero-order valence-corrected chi connectivity index (χ0v) is 15.1. The lowest BCUT2D eigenvalue weighted by atomic mass is 9.43. The molecule has 1 saturated heterocycles. The minimum absolute atomic E-state index is 0.191. The summed E-state index contributed by atoms with van der Waals surface area (Å²) in [5.41, 5.74) is -0.0404. The smallest absolute Gasteiger partial charge is 0.0839 e. The highest BCUT2D eigenvalue weighted by Gasteiger charge is 2.64. The Bertz CT molecular complexity index is 470. The van der Waals surface area contributed by atoms with Gasteiger partial charge in [-0.05, 0) is 62.2 Å². The number of aliphatic hydroxyl groups is 1. The molecule has 3 rings (SSSR count). The lowest BCUT2D eigenvalue weighted by Gasteiger charge is -2.66. The van der Waals surface area contributed by atoms with Crippen molar-refractivity contribution >= 4 is 0 Å². The molecule has 2 heteroatoms. The Labute approximate surface area is 136 Å². The molecule has 0 bridgehead atoms. The Morgan fingerprint density at radius 3 is 2.41 bits per heavy atom. The van der Waals surface area contributed by atoms with E-state index >= 15 is 0 Å². The minimum Gasteiger partial charge on any atom is -0.393 e. The summed E-state index contributed by atoms with van der Waals surface area (Å²) >= 11 is 0. The second-order valence-electron chi connectivity index (χ2n) is 9.62. The first-order valence-electron chi connectivity index (χ1n) is 9.08. The molecule has 0 unspecified atom stereocenters. The van der Waals surface area contributed by atoms with Gasteiger partial charge in [0.1, 0.15) is 0 Å². The van der Waals surface area contributed by atoms with Gasteiger partial charge in [0.05, 0.1) is 17.3 Å². The minimum atomic E-state index is -0.256. The molecule has 2 saturated carbocycles. The summed E-state index contributed by atoms with van der Waals surface area (Å²) in [6, 6.07) is 0. The van der Waals surface area contributed by atoms with Gasteiger partial charge in [-0.2, -0.15) is 0 Å². The molecule has 0 amide bonds. The standard InChI is InChI=1S/C20H34O2/c1-7-18(4)12-9-15-19(5)11-8-10-17(2,3)16(19)14(21)13-20(15,6)22-18/h7,14-16,21H,1,8-13H2,2-6H3/t14-,15+,16-,18-,19+,20+/m0/s1. The van der Waals surface area contributed by atoms with Crippen LogP contribution in [0, 0.1) is 22.7 Å². The van der Waals surface area contributed by atoms with E-state index in [9.17, 15) is 5.11 Å². The van der Waals surface area contributed by atoms with Crippen molar-refractivity contribution in [3.8, 4) is 0 Å². The highest BCUT2D eigenvalue weighted by atomic mass is 16.5. The highest BCUT2D eigenvalue weighted by molar-refractivity contribution is 5.14. The van der Waals surface area contributed by atoms with Gasteiger partial charge in [-0.1, -0.05) is 33.3 Å². The van der Waals surface area contributed by atoms with E-state index in [0.29, 0.717) is 11.8 Å². The fourth-order valence-electron chi connectivity index (χ4n) is 6.76. The summed E-state index contributed by atoms with van der Waals surface area (Å²) in [6.45, 7) is 15.5. The Balaban J connectivity index is 2.00. The molecule has 0 aromatic carbocycles. The Hall–Kier alpha value is -0.340. The Morgan fingerprint density at radius 2 is 1.77 bits per heavy atom. The fraction of sp³-hybridized carbons (Fsp3) is 0.900. The lowest BCUT2D eigenvalue weighted by molar-refractivity contribution is -0.277. The number of hydrogen-bond acceptors (Lipinski definition) is 2. The predicted octanol–water partition coefficient (Wildman–Crippen LogP) is 4.71. The van der Waals surface area contributed by atoms with Crippen molar-refractivity contribution in [3.05, 3.63) is 12.7 Å². The average molecular weight is 306 g/mol. The van der Waals surface area contributed by atoms with Crippen molar-refractivity contribution in [3.63, 3.8) is 0 Å². The molecule has 0 aromatic rings. The SMILES string of the molecule is C=C[C@@]1(C)CC[C@@H]2[C@@]3(C)CCCC(C)(C)[C@@H]3[C@@H](O)C[C@@]2(C)O1. The van der Waals surface area contributed by atoms with E-state index in [4.69, 9.17) is 4.74 Å². The number of rotatable bonds is 1. The first-order valence-corrected chi connectivity index (χ1v) is 9.08. The summed E-state index contributed by atoms with van der Waals surface area (Å²) in [5.74, 6) is 0.935. The van der Waals surface area contributed by atoms with Gasteiger partial charge < -0.3 is 9.84 Å². The van der Waals surface area contributed by atoms with Crippen LogP contribution in [0.3, 0.4) is 0 Å². The third-order valence-corrected chi connectivity index (χ3v) is 7.45. The van der Waals surface area contributed by atoms with Crippen molar-refractivity contribution < 1.29 is 9.84 Å². The maximum Gasteiger partial charge on any atom is 0.0839 e. The van der Waals surface area contributed by atoms with Crippen LogP contribution in [0.5, 0.6) is 0 Å². The molecular weight excluding hydrogens is 272 g/mol. The van der Waals surface area contributed by atoms with E-state index in [-0.39, 0.29) is 28.1 Å². The van der Waals surface area contributed by atoms with Gasteiger partial charge >= 0.3 is 0 Å². The third kappa shape index (κ3) is 2.21. The largest absolute Gasteiger partial charge is 0.393 e. The number of hydrogen-bond donors (Lipinski definition) is 1. The molecule has 1 aliphatic heterocycles. The van der Waals surface area contributed by atoms with Crippen molar-refractivity contribution in [2.24, 2.45) is 22.7 Å². The normalized spacial score (nSPS) is 54.2. The third-order valence-electron chi connectivity index (χ3n) is 7.45. The van der Waals surface area contributed by atoms with Gasteiger partial charge in [-0.3, -0.25) is 0 Å². The van der Waals surface area contributed by atoms with Gasteiger partial charge in [0.25, 0.3) is 0 Å². The van der Waals surface area contributed by atoms with Crippen molar-refractivity contribution in [1.29, 1.82) is 0 Å². The van der Waals surface area contributed by atoms with E-state index in [1.807, 2.05) is 6.08 Å². The van der Waals surface area contributed by atoms with E-state index < -0.39 is 0 Å². The van der Waals surface area contributed by atoms with Gasteiger partial charge in [0.15, 0.2) is 0 Å². The van der Waals surface area contributed by atoms with Crippen LogP contribution in [0.15, 0.2) is 12.7 Å². The van der Waals surface area contributed by atoms with Crippen LogP contribution in [-0.4, -0.2) is 22.4 Å². The summed E-state index contributed by atoms with van der Waals surface area (Å²) in [5, 5.41) is 11.0. The van der Waals surface area contributed by atoms with Gasteiger partial charge in [0.2, 0.25) is 0 Å². The first kappa shape index (κ1) is 16.5. The van der Waals surface area contributed by atoms with Crippen LogP contribution in [0.2, 0.25) is 0 Å². The average Bonchev–Trinajstić information content (AvgIpc) is 2.35. The maximum absolute atomic E-state index is 11.0. The van der Waals surface area contributed by atoms with E-state index in [2.05, 4.69) is 41.2 Å². The van der Waals surface area contributed by atoms with Crippen LogP contribution in [0.1, 0.15) is 73.1 Å². The van der Waals surface area contributed by atoms with Crippen LogP contribution in [0.25, 0.3) is 0 Å². The molecule has 1 N–H and O–H groups in total. The van der Waals surface area contributed by atoms with E-state index in [1.54, 1.807) is 0 Å². The zero-order valence-electron chi connectivity index (χ0n) is 15.1. The fourth-order valence-corrected chi connectivity index (χ4v) is 6.76. The predicted molar refractivity (Wildman–Crippen MR) is 90.7 cm³/mol. The molecule has 2 aliphatic carbocycles. The second-order valence-corrected chi connectivity index (χ2v) is 9.62. The van der Waals surface area contributed by atoms with E-state index in [1.165, 1.54) is 25.7 Å². The molecule has 0 radical (unpaired) electrons. The molecule has 2 nitrogen and oxygen atoms in total. The Kier molecular flexibility index (Phi) is 3.63. The summed E-state index contributed by atoms with van der Waals surface area (Å²) < 4.78 is 6.59. The molecular formula is C20H34O2. The quantitative estimate of drug-likeness (QED) is 0.711. The molecule has 22 heavy (non-hydrogen) atoms. The molecule has 3 fully saturated rings. The number of ether oxygens (including phenoxy) is 1. The van der Waals surface area contributed by atoms with Gasteiger partial charge in [-0.15, -0.1) is 6.58 Å². The monoisotopic (exact) mass is 306 g/mol. The molecule has 0 spiro atoms. The zero-order chi connectivity index (χ0) is 16.4. The van der Waals surface area contributed by atoms with Crippen molar-refractivity contribution in [2.45, 2.75) is 90.4 Å². The van der Waals surface area contributed by atoms with Crippen molar-refractivity contribution in [1.82, 2.24) is 0 Å². The maximum atomic E-state index is 11.0. The Morgan fingerprint density at radius 1 is 1.09 bits per heavy atom. The highest BCUT2D eigenvalue weighted by Crippen LogP contribution is 2.65. The topological polar surface area (TPSA) is 29.5 Å².